The Balaban J connectivity index is 2.25. The molecule has 0 bridgehead atoms. The first-order valence-corrected chi connectivity index (χ1v) is 6.72. The summed E-state index contributed by atoms with van der Waals surface area (Å²) in [6.07, 6.45) is -0.326. The fraction of sp³-hybridized carbons (Fsp3) is 0.692. The number of alkyl halides is 3. The molecular formula is C13H19F3N4. The van der Waals surface area contributed by atoms with E-state index in [0.29, 0.717) is 5.92 Å². The second-order valence-electron chi connectivity index (χ2n) is 5.50. The highest BCUT2D eigenvalue weighted by atomic mass is 19.4. The van der Waals surface area contributed by atoms with Gasteiger partial charge in [0.1, 0.15) is 5.82 Å². The highest BCUT2D eigenvalue weighted by Gasteiger charge is 2.34. The van der Waals surface area contributed by atoms with Crippen molar-refractivity contribution in [1.82, 2.24) is 9.97 Å². The SMILES string of the molecule is CC1CCCC(N(C)c2cc(C(F)(F)F)nc(N)n2)C1. The van der Waals surface area contributed by atoms with Crippen molar-refractivity contribution in [2.75, 3.05) is 17.7 Å². The van der Waals surface area contributed by atoms with Gasteiger partial charge in [-0.25, -0.2) is 4.98 Å². The lowest BCUT2D eigenvalue weighted by Gasteiger charge is -2.35. The predicted molar refractivity (Wildman–Crippen MR) is 71.3 cm³/mol. The van der Waals surface area contributed by atoms with Crippen LogP contribution in [0.4, 0.5) is 24.9 Å². The van der Waals surface area contributed by atoms with Crippen molar-refractivity contribution in [2.24, 2.45) is 5.92 Å². The minimum atomic E-state index is -4.51. The number of hydrogen-bond acceptors (Lipinski definition) is 4. The van der Waals surface area contributed by atoms with Gasteiger partial charge in [0.15, 0.2) is 5.69 Å². The van der Waals surface area contributed by atoms with Crippen LogP contribution in [0.25, 0.3) is 0 Å². The zero-order chi connectivity index (χ0) is 14.9. The summed E-state index contributed by atoms with van der Waals surface area (Å²) in [5.74, 6) is 0.479. The maximum atomic E-state index is 12.8. The molecule has 1 aromatic heterocycles. The molecule has 1 heterocycles. The van der Waals surface area contributed by atoms with E-state index < -0.39 is 11.9 Å². The van der Waals surface area contributed by atoms with E-state index in [1.54, 1.807) is 11.9 Å². The van der Waals surface area contributed by atoms with Gasteiger partial charge in [0.2, 0.25) is 5.95 Å². The lowest BCUT2D eigenvalue weighted by molar-refractivity contribution is -0.141. The molecule has 0 aliphatic heterocycles. The molecule has 1 saturated carbocycles. The first kappa shape index (κ1) is 14.9. The van der Waals surface area contributed by atoms with E-state index in [2.05, 4.69) is 16.9 Å². The molecule has 1 aromatic rings. The Morgan fingerprint density at radius 2 is 2.00 bits per heavy atom. The second kappa shape index (κ2) is 5.46. The normalized spacial score (nSPS) is 23.6. The van der Waals surface area contributed by atoms with E-state index in [0.717, 1.165) is 25.3 Å². The van der Waals surface area contributed by atoms with Gasteiger partial charge in [-0.3, -0.25) is 0 Å². The number of nitrogens with two attached hydrogens (primary N) is 1. The largest absolute Gasteiger partial charge is 0.433 e. The third-order valence-electron chi connectivity index (χ3n) is 3.84. The number of hydrogen-bond donors (Lipinski definition) is 1. The first-order valence-electron chi connectivity index (χ1n) is 6.72. The summed E-state index contributed by atoms with van der Waals surface area (Å²) in [7, 11) is 1.77. The standard InChI is InChI=1S/C13H19F3N4/c1-8-4-3-5-9(6-8)20(2)11-7-10(13(14,15)16)18-12(17)19-11/h7-9H,3-6H2,1-2H3,(H2,17,18,19). The van der Waals surface area contributed by atoms with Crippen LogP contribution in [0.2, 0.25) is 0 Å². The van der Waals surface area contributed by atoms with E-state index in [-0.39, 0.29) is 17.8 Å². The van der Waals surface area contributed by atoms with Gasteiger partial charge >= 0.3 is 6.18 Å². The third-order valence-corrected chi connectivity index (χ3v) is 3.84. The monoisotopic (exact) mass is 288 g/mol. The van der Waals surface area contributed by atoms with E-state index in [1.165, 1.54) is 6.42 Å². The summed E-state index contributed by atoms with van der Waals surface area (Å²) < 4.78 is 38.3. The van der Waals surface area contributed by atoms with Crippen LogP contribution in [0, 0.1) is 5.92 Å². The quantitative estimate of drug-likeness (QED) is 0.908. The molecule has 7 heteroatoms. The molecule has 20 heavy (non-hydrogen) atoms. The van der Waals surface area contributed by atoms with E-state index in [9.17, 15) is 13.2 Å². The molecule has 0 saturated heterocycles. The molecule has 2 rings (SSSR count). The van der Waals surface area contributed by atoms with Crippen LogP contribution in [0.1, 0.15) is 38.3 Å². The van der Waals surface area contributed by atoms with Gasteiger partial charge in [-0.1, -0.05) is 19.8 Å². The van der Waals surface area contributed by atoms with E-state index in [4.69, 9.17) is 5.73 Å². The highest BCUT2D eigenvalue weighted by molar-refractivity contribution is 5.44. The summed E-state index contributed by atoms with van der Waals surface area (Å²) in [5.41, 5.74) is 4.41. The molecule has 1 aliphatic rings. The Morgan fingerprint density at radius 1 is 1.30 bits per heavy atom. The molecule has 1 aliphatic carbocycles. The second-order valence-corrected chi connectivity index (χ2v) is 5.50. The number of anilines is 2. The molecule has 2 N–H and O–H groups in total. The molecule has 0 amide bonds. The summed E-state index contributed by atoms with van der Waals surface area (Å²) in [6, 6.07) is 1.17. The number of nitrogen functional groups attached to an aromatic ring is 1. The van der Waals surface area contributed by atoms with E-state index >= 15 is 0 Å². The Kier molecular flexibility index (Phi) is 4.06. The highest BCUT2D eigenvalue weighted by Crippen LogP contribution is 2.32. The van der Waals surface area contributed by atoms with Crippen LogP contribution >= 0.6 is 0 Å². The fourth-order valence-corrected chi connectivity index (χ4v) is 2.72. The summed E-state index contributed by atoms with van der Waals surface area (Å²) in [5, 5.41) is 0. The minimum absolute atomic E-state index is 0.203. The molecule has 0 spiro atoms. The third kappa shape index (κ3) is 3.32. The lowest BCUT2D eigenvalue weighted by Crippen LogP contribution is -2.36. The number of rotatable bonds is 2. The van der Waals surface area contributed by atoms with Crippen molar-refractivity contribution in [3.63, 3.8) is 0 Å². The van der Waals surface area contributed by atoms with Crippen molar-refractivity contribution in [2.45, 2.75) is 44.8 Å². The maximum Gasteiger partial charge on any atom is 0.433 e. The smallest absolute Gasteiger partial charge is 0.368 e. The molecule has 2 atom stereocenters. The van der Waals surface area contributed by atoms with Crippen LogP contribution in [0.5, 0.6) is 0 Å². The summed E-state index contributed by atoms with van der Waals surface area (Å²) in [6.45, 7) is 2.16. The van der Waals surface area contributed by atoms with Gasteiger partial charge in [-0.2, -0.15) is 18.2 Å². The molecule has 2 unspecified atom stereocenters. The van der Waals surface area contributed by atoms with Gasteiger partial charge in [-0.05, 0) is 18.8 Å². The lowest BCUT2D eigenvalue weighted by atomic mass is 9.86. The molecule has 4 nitrogen and oxygen atoms in total. The van der Waals surface area contributed by atoms with Crippen molar-refractivity contribution < 1.29 is 13.2 Å². The Labute approximate surface area is 116 Å². The molecule has 112 valence electrons. The first-order chi connectivity index (χ1) is 9.27. The Bertz CT molecular complexity index is 475. The summed E-state index contributed by atoms with van der Waals surface area (Å²) >= 11 is 0. The average molecular weight is 288 g/mol. The zero-order valence-corrected chi connectivity index (χ0v) is 11.6. The minimum Gasteiger partial charge on any atom is -0.368 e. The van der Waals surface area contributed by atoms with Gasteiger partial charge in [-0.15, -0.1) is 0 Å². The Morgan fingerprint density at radius 3 is 2.60 bits per heavy atom. The van der Waals surface area contributed by atoms with Crippen LogP contribution in [-0.4, -0.2) is 23.1 Å². The zero-order valence-electron chi connectivity index (χ0n) is 11.6. The Hall–Kier alpha value is -1.53. The van der Waals surface area contributed by atoms with Gasteiger partial charge < -0.3 is 10.6 Å². The fourth-order valence-electron chi connectivity index (χ4n) is 2.72. The molecular weight excluding hydrogens is 269 g/mol. The number of nitrogens with zero attached hydrogens (tertiary/aromatic N) is 3. The van der Waals surface area contributed by atoms with Gasteiger partial charge in [0.05, 0.1) is 0 Å². The topological polar surface area (TPSA) is 55.0 Å². The summed E-state index contributed by atoms with van der Waals surface area (Å²) in [4.78, 5) is 9.00. The van der Waals surface area contributed by atoms with Crippen molar-refractivity contribution in [3.05, 3.63) is 11.8 Å². The predicted octanol–water partition coefficient (Wildman–Crippen LogP) is 3.09. The van der Waals surface area contributed by atoms with Gasteiger partial charge in [0.25, 0.3) is 0 Å². The number of aromatic nitrogens is 2. The van der Waals surface area contributed by atoms with Crippen LogP contribution in [0.3, 0.4) is 0 Å². The van der Waals surface area contributed by atoms with Crippen LogP contribution < -0.4 is 10.6 Å². The molecule has 0 radical (unpaired) electrons. The van der Waals surface area contributed by atoms with Crippen LogP contribution in [0.15, 0.2) is 6.07 Å². The number of halogens is 3. The van der Waals surface area contributed by atoms with Gasteiger partial charge in [0, 0.05) is 19.2 Å². The van der Waals surface area contributed by atoms with Crippen molar-refractivity contribution in [1.29, 1.82) is 0 Å². The van der Waals surface area contributed by atoms with Crippen LogP contribution in [-0.2, 0) is 6.18 Å². The average Bonchev–Trinajstić information content (AvgIpc) is 2.36. The van der Waals surface area contributed by atoms with E-state index in [1.807, 2.05) is 0 Å². The molecule has 0 aromatic carbocycles. The van der Waals surface area contributed by atoms with Crippen molar-refractivity contribution >= 4 is 11.8 Å². The van der Waals surface area contributed by atoms with Crippen molar-refractivity contribution in [3.8, 4) is 0 Å². The molecule has 1 fully saturated rings. The maximum absolute atomic E-state index is 12.8.